The second kappa shape index (κ2) is 33.6. The molecule has 590 valence electrons. The highest BCUT2D eigenvalue weighted by atomic mass is 32.1. The van der Waals surface area contributed by atoms with Gasteiger partial charge in [0.1, 0.15) is 5.60 Å². The molecule has 8 heterocycles. The number of nitrogens with zero attached hydrogens (tertiary/aromatic N) is 11. The summed E-state index contributed by atoms with van der Waals surface area (Å²) in [6.07, 6.45) is 6.01. The van der Waals surface area contributed by atoms with E-state index in [-0.39, 0.29) is 78.5 Å². The van der Waals surface area contributed by atoms with Crippen molar-refractivity contribution in [1.29, 1.82) is 0 Å². The first-order valence-electron chi connectivity index (χ1n) is 38.2. The van der Waals surface area contributed by atoms with Gasteiger partial charge in [0, 0.05) is 118 Å². The van der Waals surface area contributed by atoms with Gasteiger partial charge in [-0.2, -0.15) is 41.6 Å². The largest absolute Gasteiger partial charge is 0.466 e. The van der Waals surface area contributed by atoms with E-state index in [1.54, 1.807) is 53.1 Å². The molecule has 31 heteroatoms. The van der Waals surface area contributed by atoms with Crippen LogP contribution < -0.4 is 31.9 Å². The molecule has 8 N–H and O–H groups in total. The van der Waals surface area contributed by atoms with Crippen LogP contribution in [0.1, 0.15) is 154 Å². The molecule has 0 bridgehead atoms. The van der Waals surface area contributed by atoms with Crippen LogP contribution in [0.4, 0.5) is 43.8 Å². The summed E-state index contributed by atoms with van der Waals surface area (Å²) in [7, 11) is 5.34. The fourth-order valence-electron chi connectivity index (χ4n) is 16.1. The van der Waals surface area contributed by atoms with Crippen LogP contribution >= 0.6 is 11.3 Å². The number of hydrogen-bond donors (Lipinski definition) is 8. The molecule has 5 aromatic heterocycles. The molecule has 0 radical (unpaired) electrons. The SMILES string of the molecule is CCOC(=O)C1CCC(N2CC(NC(=O)CNc3nn(C)c4ccc(C)cc34)C2)CC1.CCc1ncc(C2(O)CCC(N3CC(NC(=O)CNc4nn(C)c5ccc(C(C)C(F)(F)F)cc45)C3)CC2)s1.Cc1ccc(C2(O)CCC(N3CC(NC(=O)CNc4nn(C)c5ccc(C(C)C(F)(F)F)cc45)C3)CC2)cn1. The third kappa shape index (κ3) is 18.9. The molecular weight excluding hydrogens is 1430 g/mol. The number of carbonyl (C=O) groups excluding carboxylic acids is 4. The van der Waals surface area contributed by atoms with Crippen molar-refractivity contribution in [2.45, 2.75) is 197 Å². The Balaban J connectivity index is 0.000000154. The van der Waals surface area contributed by atoms with Crippen LogP contribution in [0.3, 0.4) is 0 Å². The number of aliphatic hydroxyl groups is 2. The van der Waals surface area contributed by atoms with Gasteiger partial charge in [0.05, 0.1) is 94.2 Å². The van der Waals surface area contributed by atoms with Gasteiger partial charge in [0.2, 0.25) is 17.7 Å². The van der Waals surface area contributed by atoms with Crippen LogP contribution in [0.2, 0.25) is 0 Å². The molecule has 3 aromatic carbocycles. The van der Waals surface area contributed by atoms with Crippen molar-refractivity contribution in [1.82, 2.24) is 70.0 Å². The van der Waals surface area contributed by atoms with E-state index in [1.807, 2.05) is 50.0 Å². The molecule has 3 amide bonds. The zero-order valence-electron chi connectivity index (χ0n) is 63.5. The molecule has 3 saturated heterocycles. The van der Waals surface area contributed by atoms with E-state index in [2.05, 4.69) is 97.8 Å². The first-order chi connectivity index (χ1) is 51.8. The predicted octanol–water partition coefficient (Wildman–Crippen LogP) is 10.5. The molecule has 2 unspecified atom stereocenters. The maximum absolute atomic E-state index is 13.2. The summed E-state index contributed by atoms with van der Waals surface area (Å²) in [5.74, 6) is -2.06. The highest BCUT2D eigenvalue weighted by molar-refractivity contribution is 7.11. The Hall–Kier alpha value is -8.49. The zero-order chi connectivity index (χ0) is 77.9. The number of amides is 3. The van der Waals surface area contributed by atoms with E-state index < -0.39 is 35.4 Å². The van der Waals surface area contributed by atoms with E-state index in [9.17, 15) is 55.7 Å². The van der Waals surface area contributed by atoms with Crippen LogP contribution in [0.5, 0.6) is 0 Å². The lowest BCUT2D eigenvalue weighted by atomic mass is 9.77. The van der Waals surface area contributed by atoms with Crippen molar-refractivity contribution in [3.63, 3.8) is 0 Å². The topological polar surface area (TPSA) is 279 Å². The van der Waals surface area contributed by atoms with Gasteiger partial charge in [-0.05, 0) is 172 Å². The van der Waals surface area contributed by atoms with Gasteiger partial charge in [0.15, 0.2) is 17.5 Å². The van der Waals surface area contributed by atoms with Gasteiger partial charge in [0.25, 0.3) is 0 Å². The Kier molecular flexibility index (Phi) is 24.7. The minimum Gasteiger partial charge on any atom is -0.466 e. The fourth-order valence-corrected chi connectivity index (χ4v) is 17.1. The molecule has 14 rings (SSSR count). The summed E-state index contributed by atoms with van der Waals surface area (Å²) in [5.41, 5.74) is 4.08. The van der Waals surface area contributed by atoms with E-state index in [1.165, 1.54) is 29.8 Å². The molecule has 24 nitrogen and oxygen atoms in total. The van der Waals surface area contributed by atoms with Gasteiger partial charge in [-0.25, -0.2) is 4.98 Å². The predicted molar refractivity (Wildman–Crippen MR) is 407 cm³/mol. The van der Waals surface area contributed by atoms with Crippen molar-refractivity contribution < 1.29 is 60.5 Å². The number of aryl methyl sites for hydroxylation is 6. The normalized spacial score (nSPS) is 23.1. The average Bonchev–Trinajstić information content (AvgIpc) is 0.955. The van der Waals surface area contributed by atoms with Gasteiger partial charge in [-0.15, -0.1) is 11.3 Å². The molecule has 2 atom stereocenters. The molecular formula is C78H103F6N17O7S. The summed E-state index contributed by atoms with van der Waals surface area (Å²) in [4.78, 5) is 66.3. The molecule has 6 fully saturated rings. The van der Waals surface area contributed by atoms with Gasteiger partial charge in [-0.3, -0.25) is 52.9 Å². The lowest BCUT2D eigenvalue weighted by Crippen LogP contribution is -2.63. The number of benzene rings is 3. The maximum Gasteiger partial charge on any atom is 0.395 e. The molecule has 109 heavy (non-hydrogen) atoms. The molecule has 3 aliphatic carbocycles. The Morgan fingerprint density at radius 2 is 0.945 bits per heavy atom. The van der Waals surface area contributed by atoms with Crippen molar-refractivity contribution in [2.75, 3.05) is 81.5 Å². The fraction of sp³-hybridized carbons (Fsp3) is 0.577. The van der Waals surface area contributed by atoms with E-state index in [4.69, 9.17) is 4.74 Å². The minimum absolute atomic E-state index is 0.0119. The Labute approximate surface area is 634 Å². The summed E-state index contributed by atoms with van der Waals surface area (Å²) in [5, 5.41) is 57.0. The van der Waals surface area contributed by atoms with Crippen molar-refractivity contribution in [3.05, 3.63) is 117 Å². The third-order valence-corrected chi connectivity index (χ3v) is 24.3. The monoisotopic (exact) mass is 1540 g/mol. The number of pyridine rings is 1. The third-order valence-electron chi connectivity index (χ3n) is 23.0. The number of aromatic nitrogens is 8. The number of nitrogens with one attached hydrogen (secondary N) is 6. The lowest BCUT2D eigenvalue weighted by Gasteiger charge is -2.48. The van der Waals surface area contributed by atoms with E-state index in [0.29, 0.717) is 83.9 Å². The molecule has 6 aliphatic rings. The molecule has 8 aromatic rings. The number of fused-ring (bicyclic) bond motifs is 3. The number of rotatable bonds is 22. The van der Waals surface area contributed by atoms with Crippen LogP contribution in [0.25, 0.3) is 32.7 Å². The highest BCUT2D eigenvalue weighted by Gasteiger charge is 2.45. The van der Waals surface area contributed by atoms with Crippen molar-refractivity contribution in [2.24, 2.45) is 27.1 Å². The molecule has 3 saturated carbocycles. The summed E-state index contributed by atoms with van der Waals surface area (Å²) in [6.45, 7) is 15.6. The van der Waals surface area contributed by atoms with E-state index >= 15 is 0 Å². The Morgan fingerprint density at radius 3 is 1.33 bits per heavy atom. The average molecular weight is 1540 g/mol. The number of thiazole rings is 1. The number of anilines is 3. The number of hydrogen-bond acceptors (Lipinski definition) is 19. The number of esters is 1. The van der Waals surface area contributed by atoms with Gasteiger partial charge >= 0.3 is 18.3 Å². The number of likely N-dealkylation sites (tertiary alicyclic amines) is 3. The van der Waals surface area contributed by atoms with Crippen molar-refractivity contribution >= 4 is 85.2 Å². The van der Waals surface area contributed by atoms with E-state index in [0.717, 1.165) is 149 Å². The minimum atomic E-state index is -4.34. The molecule has 0 spiro atoms. The number of carbonyl (C=O) groups is 4. The lowest BCUT2D eigenvalue weighted by molar-refractivity contribution is -0.150. The summed E-state index contributed by atoms with van der Waals surface area (Å²) < 4.78 is 89.4. The standard InChI is InChI=1S/C28H35F3N6O2.C27H35F3N6O2S.C23H33N5O3/c1-17-4-6-20(13-32-17)27(39)10-8-22(9-11-27)37-15-21(16-37)34-25(38)14-33-26-23-12-19(18(2)28(29,30)31)5-7-24(23)36(3)35-26;1-4-24-31-12-22(39-24)26(38)9-7-19(8-10-26)36-14-18(15-36)33-23(37)13-32-25-20-11-17(16(2)27(28,29)30)5-6-21(20)35(3)34-25;1-4-31-23(30)16-6-8-18(9-7-16)28-13-17(14-28)25-21(29)12-24-22-19-11-15(2)5-10-20(19)27(3)26-22/h4-7,12-13,18,21-22,39H,8-11,14-16H2,1-3H3,(H,33,35)(H,34,38);5-6,11-12,16,18-19,38H,4,7-10,13-15H2,1-3H3,(H,32,34)(H,33,37);5,10-11,16-18H,4,6-9,12-14H2,1-3H3,(H,24,26)(H,25,29). The van der Waals surface area contributed by atoms with Gasteiger partial charge < -0.3 is 46.9 Å². The second-order valence-corrected chi connectivity index (χ2v) is 31.8. The van der Waals surface area contributed by atoms with Crippen LogP contribution in [-0.4, -0.2) is 202 Å². The smallest absolute Gasteiger partial charge is 0.395 e. The summed E-state index contributed by atoms with van der Waals surface area (Å²) in [6, 6.07) is 20.8. The zero-order valence-corrected chi connectivity index (χ0v) is 64.3. The first-order valence-corrected chi connectivity index (χ1v) is 39.0. The Morgan fingerprint density at radius 1 is 0.541 bits per heavy atom. The van der Waals surface area contributed by atoms with Crippen LogP contribution in [-0.2, 0) is 62.7 Å². The van der Waals surface area contributed by atoms with Crippen molar-refractivity contribution in [3.8, 4) is 0 Å². The highest BCUT2D eigenvalue weighted by Crippen LogP contribution is 2.44. The second-order valence-electron chi connectivity index (χ2n) is 30.7. The van der Waals surface area contributed by atoms with Crippen LogP contribution in [0, 0.1) is 19.8 Å². The maximum atomic E-state index is 13.2. The van der Waals surface area contributed by atoms with Gasteiger partial charge in [-0.1, -0.05) is 36.8 Å². The number of halogens is 6. The quantitative estimate of drug-likeness (QED) is 0.0231. The number of alkyl halides is 6. The van der Waals surface area contributed by atoms with Crippen LogP contribution in [0.15, 0.2) is 79.1 Å². The molecule has 3 aliphatic heterocycles. The summed E-state index contributed by atoms with van der Waals surface area (Å²) >= 11 is 1.60. The number of ether oxygens (including phenoxy) is 1. The first kappa shape index (κ1) is 80.0. The Bertz CT molecular complexity index is 4480.